The summed E-state index contributed by atoms with van der Waals surface area (Å²) < 4.78 is 12.6. The van der Waals surface area contributed by atoms with E-state index in [0.29, 0.717) is 5.69 Å². The third kappa shape index (κ3) is 3.82. The lowest BCUT2D eigenvalue weighted by molar-refractivity contribution is 0.251. The van der Waals surface area contributed by atoms with Crippen LogP contribution in [0.2, 0.25) is 0 Å². The van der Waals surface area contributed by atoms with Crippen LogP contribution >= 0.6 is 12.2 Å². The number of amides is 2. The Hall–Kier alpha value is -1.69. The van der Waals surface area contributed by atoms with Gasteiger partial charge < -0.3 is 16.4 Å². The summed E-state index contributed by atoms with van der Waals surface area (Å²) in [5, 5.41) is 5.06. The first-order valence-corrected chi connectivity index (χ1v) is 5.02. The molecule has 0 aliphatic rings. The number of urea groups is 1. The predicted molar refractivity (Wildman–Crippen MR) is 64.8 cm³/mol. The van der Waals surface area contributed by atoms with Crippen LogP contribution in [0, 0.1) is 5.82 Å². The Labute approximate surface area is 98.0 Å². The van der Waals surface area contributed by atoms with Crippen molar-refractivity contribution in [3.63, 3.8) is 0 Å². The van der Waals surface area contributed by atoms with Crippen LogP contribution in [0.1, 0.15) is 6.92 Å². The average molecular weight is 241 g/mol. The lowest BCUT2D eigenvalue weighted by atomic mass is 10.3. The lowest BCUT2D eigenvalue weighted by Gasteiger charge is -2.12. The first-order valence-electron chi connectivity index (χ1n) is 4.61. The van der Waals surface area contributed by atoms with Gasteiger partial charge in [0.05, 0.1) is 11.0 Å². The highest BCUT2D eigenvalue weighted by Crippen LogP contribution is 2.07. The third-order valence-corrected chi connectivity index (χ3v) is 2.23. The molecule has 0 radical (unpaired) electrons. The molecule has 0 aliphatic carbocycles. The van der Waals surface area contributed by atoms with Crippen molar-refractivity contribution in [1.82, 2.24) is 5.32 Å². The predicted octanol–water partition coefficient (Wildman–Crippen LogP) is 1.62. The van der Waals surface area contributed by atoms with Gasteiger partial charge in [0.15, 0.2) is 0 Å². The lowest BCUT2D eigenvalue weighted by Crippen LogP contribution is -2.43. The first kappa shape index (κ1) is 12.4. The second-order valence-electron chi connectivity index (χ2n) is 3.23. The second kappa shape index (κ2) is 5.41. The maximum Gasteiger partial charge on any atom is 0.319 e. The Morgan fingerprint density at radius 2 is 2.00 bits per heavy atom. The van der Waals surface area contributed by atoms with E-state index in [4.69, 9.17) is 18.0 Å². The Kier molecular flexibility index (Phi) is 4.19. The molecule has 1 aromatic carbocycles. The SMILES string of the molecule is CC(NC(=O)Nc1ccc(F)cc1)C(N)=S. The molecular weight excluding hydrogens is 229 g/mol. The van der Waals surface area contributed by atoms with Crippen LogP contribution in [0.5, 0.6) is 0 Å². The zero-order valence-electron chi connectivity index (χ0n) is 8.66. The van der Waals surface area contributed by atoms with E-state index < -0.39 is 12.1 Å². The normalized spacial score (nSPS) is 11.6. The van der Waals surface area contributed by atoms with E-state index in [1.54, 1.807) is 6.92 Å². The average Bonchev–Trinajstić information content (AvgIpc) is 2.21. The van der Waals surface area contributed by atoms with Gasteiger partial charge >= 0.3 is 6.03 Å². The summed E-state index contributed by atoms with van der Waals surface area (Å²) in [6.07, 6.45) is 0. The molecule has 6 heteroatoms. The van der Waals surface area contributed by atoms with Crippen molar-refractivity contribution in [1.29, 1.82) is 0 Å². The van der Waals surface area contributed by atoms with E-state index in [1.165, 1.54) is 24.3 Å². The largest absolute Gasteiger partial charge is 0.392 e. The Morgan fingerprint density at radius 3 is 2.50 bits per heavy atom. The van der Waals surface area contributed by atoms with Crippen LogP contribution in [0.4, 0.5) is 14.9 Å². The number of halogens is 1. The van der Waals surface area contributed by atoms with Crippen LogP contribution in [0.3, 0.4) is 0 Å². The minimum absolute atomic E-state index is 0.203. The quantitative estimate of drug-likeness (QED) is 0.704. The maximum absolute atomic E-state index is 12.6. The number of carbonyl (C=O) groups excluding carboxylic acids is 1. The Morgan fingerprint density at radius 1 is 1.44 bits per heavy atom. The van der Waals surface area contributed by atoms with E-state index >= 15 is 0 Å². The highest BCUT2D eigenvalue weighted by molar-refractivity contribution is 7.80. The minimum atomic E-state index is -0.438. The molecule has 0 fully saturated rings. The van der Waals surface area contributed by atoms with E-state index in [-0.39, 0.29) is 10.8 Å². The number of rotatable bonds is 3. The second-order valence-corrected chi connectivity index (χ2v) is 3.70. The molecule has 0 aliphatic heterocycles. The highest BCUT2D eigenvalue weighted by atomic mass is 32.1. The molecule has 4 nitrogen and oxygen atoms in total. The fourth-order valence-corrected chi connectivity index (χ4v) is 1.03. The summed E-state index contributed by atoms with van der Waals surface area (Å²) in [6.45, 7) is 1.67. The van der Waals surface area contributed by atoms with Gasteiger partial charge in [0.1, 0.15) is 5.82 Å². The first-order chi connectivity index (χ1) is 7.49. The molecule has 1 rings (SSSR count). The number of nitrogens with two attached hydrogens (primary N) is 1. The van der Waals surface area contributed by atoms with Gasteiger partial charge in [-0.3, -0.25) is 0 Å². The van der Waals surface area contributed by atoms with Crippen molar-refractivity contribution in [3.8, 4) is 0 Å². The van der Waals surface area contributed by atoms with Crippen molar-refractivity contribution in [2.45, 2.75) is 13.0 Å². The van der Waals surface area contributed by atoms with E-state index in [0.717, 1.165) is 0 Å². The Bertz CT molecular complexity index is 394. The molecule has 0 spiro atoms. The summed E-state index contributed by atoms with van der Waals surface area (Å²) >= 11 is 4.70. The fraction of sp³-hybridized carbons (Fsp3) is 0.200. The number of hydrogen-bond acceptors (Lipinski definition) is 2. The molecule has 0 heterocycles. The number of benzene rings is 1. The Balaban J connectivity index is 2.52. The van der Waals surface area contributed by atoms with E-state index in [9.17, 15) is 9.18 Å². The number of thiocarbonyl (C=S) groups is 1. The molecular formula is C10H12FN3OS. The summed E-state index contributed by atoms with van der Waals surface area (Å²) in [6, 6.07) is 4.60. The summed E-state index contributed by atoms with van der Waals surface area (Å²) in [4.78, 5) is 11.6. The number of carbonyl (C=O) groups is 1. The van der Waals surface area contributed by atoms with Crippen LogP contribution in [0.25, 0.3) is 0 Å². The number of hydrogen-bond donors (Lipinski definition) is 3. The van der Waals surface area contributed by atoms with Gasteiger partial charge in [-0.1, -0.05) is 12.2 Å². The summed E-state index contributed by atoms with van der Waals surface area (Å²) in [5.74, 6) is -0.359. The fourth-order valence-electron chi connectivity index (χ4n) is 0.968. The molecule has 1 atom stereocenters. The van der Waals surface area contributed by atoms with Crippen molar-refractivity contribution >= 4 is 28.9 Å². The van der Waals surface area contributed by atoms with Crippen molar-refractivity contribution in [2.24, 2.45) is 5.73 Å². The van der Waals surface area contributed by atoms with Crippen molar-refractivity contribution in [3.05, 3.63) is 30.1 Å². The van der Waals surface area contributed by atoms with Gasteiger partial charge in [0.2, 0.25) is 0 Å². The van der Waals surface area contributed by atoms with E-state index in [2.05, 4.69) is 10.6 Å². The van der Waals surface area contributed by atoms with Gasteiger partial charge in [0.25, 0.3) is 0 Å². The zero-order valence-corrected chi connectivity index (χ0v) is 9.48. The number of anilines is 1. The van der Waals surface area contributed by atoms with Gasteiger partial charge in [-0.25, -0.2) is 9.18 Å². The molecule has 16 heavy (non-hydrogen) atoms. The molecule has 1 unspecified atom stereocenters. The molecule has 0 aromatic heterocycles. The summed E-state index contributed by atoms with van der Waals surface area (Å²) in [7, 11) is 0. The van der Waals surface area contributed by atoms with Gasteiger partial charge in [0, 0.05) is 5.69 Å². The van der Waals surface area contributed by atoms with Crippen LogP contribution < -0.4 is 16.4 Å². The number of nitrogens with one attached hydrogen (secondary N) is 2. The molecule has 0 saturated heterocycles. The monoisotopic (exact) mass is 241 g/mol. The maximum atomic E-state index is 12.6. The standard InChI is InChI=1S/C10H12FN3OS/c1-6(9(12)16)13-10(15)14-8-4-2-7(11)3-5-8/h2-6H,1H3,(H2,12,16)(H2,13,14,15). The molecule has 4 N–H and O–H groups in total. The van der Waals surface area contributed by atoms with Crippen LogP contribution in [-0.2, 0) is 0 Å². The zero-order chi connectivity index (χ0) is 12.1. The van der Waals surface area contributed by atoms with Crippen LogP contribution in [-0.4, -0.2) is 17.1 Å². The molecule has 1 aromatic rings. The highest BCUT2D eigenvalue weighted by Gasteiger charge is 2.08. The van der Waals surface area contributed by atoms with Crippen molar-refractivity contribution < 1.29 is 9.18 Å². The smallest absolute Gasteiger partial charge is 0.319 e. The third-order valence-electron chi connectivity index (χ3n) is 1.88. The van der Waals surface area contributed by atoms with Crippen molar-refractivity contribution in [2.75, 3.05) is 5.32 Å². The van der Waals surface area contributed by atoms with Gasteiger partial charge in [-0.2, -0.15) is 0 Å². The molecule has 86 valence electrons. The summed E-state index contributed by atoms with van der Waals surface area (Å²) in [5.41, 5.74) is 5.83. The molecule has 0 saturated carbocycles. The van der Waals surface area contributed by atoms with Gasteiger partial charge in [-0.15, -0.1) is 0 Å². The molecule has 2 amide bonds. The van der Waals surface area contributed by atoms with Gasteiger partial charge in [-0.05, 0) is 31.2 Å². The van der Waals surface area contributed by atoms with E-state index in [1.807, 2.05) is 0 Å². The topological polar surface area (TPSA) is 67.2 Å². The van der Waals surface area contributed by atoms with Crippen LogP contribution in [0.15, 0.2) is 24.3 Å². The minimum Gasteiger partial charge on any atom is -0.392 e. The molecule has 0 bridgehead atoms.